The van der Waals surface area contributed by atoms with Crippen LogP contribution in [0.2, 0.25) is 5.02 Å². The highest BCUT2D eigenvalue weighted by molar-refractivity contribution is 6.32. The van der Waals surface area contributed by atoms with Crippen LogP contribution in [0.5, 0.6) is 0 Å². The van der Waals surface area contributed by atoms with E-state index in [0.717, 1.165) is 18.5 Å². The van der Waals surface area contributed by atoms with Crippen molar-refractivity contribution in [2.45, 2.75) is 19.4 Å². The van der Waals surface area contributed by atoms with Crippen molar-refractivity contribution in [2.24, 2.45) is 0 Å². The molecule has 0 saturated carbocycles. The fraction of sp³-hybridized carbons (Fsp3) is 0.278. The van der Waals surface area contributed by atoms with E-state index < -0.39 is 4.92 Å². The third-order valence-electron chi connectivity index (χ3n) is 4.22. The predicted octanol–water partition coefficient (Wildman–Crippen LogP) is 3.32. The van der Waals surface area contributed by atoms with Gasteiger partial charge >= 0.3 is 0 Å². The van der Waals surface area contributed by atoms with Crippen molar-refractivity contribution >= 4 is 28.9 Å². The molecule has 3 rings (SSSR count). The second-order valence-corrected chi connectivity index (χ2v) is 6.33. The quantitative estimate of drug-likeness (QED) is 0.656. The number of nitrogens with zero attached hydrogens (tertiary/aromatic N) is 2. The zero-order chi connectivity index (χ0) is 17.8. The topological polar surface area (TPSA) is 75.5 Å². The molecule has 2 aromatic rings. The minimum absolute atomic E-state index is 0.00406. The van der Waals surface area contributed by atoms with Gasteiger partial charge in [0, 0.05) is 24.8 Å². The van der Waals surface area contributed by atoms with Crippen LogP contribution in [0.15, 0.2) is 42.5 Å². The summed E-state index contributed by atoms with van der Waals surface area (Å²) < 4.78 is 0. The largest absolute Gasteiger partial charge is 0.311 e. The molecule has 1 aliphatic heterocycles. The van der Waals surface area contributed by atoms with Gasteiger partial charge < -0.3 is 10.2 Å². The number of nitro groups is 1. The minimum atomic E-state index is -0.512. The average molecular weight is 360 g/mol. The summed E-state index contributed by atoms with van der Waals surface area (Å²) in [6.07, 6.45) is 1.94. The maximum absolute atomic E-state index is 12.5. The van der Waals surface area contributed by atoms with Gasteiger partial charge in [-0.25, -0.2) is 0 Å². The molecule has 130 valence electrons. The summed E-state index contributed by atoms with van der Waals surface area (Å²) in [5.41, 5.74) is 2.75. The third kappa shape index (κ3) is 3.97. The van der Waals surface area contributed by atoms with Crippen molar-refractivity contribution in [3.05, 3.63) is 68.7 Å². The standard InChI is InChI=1S/C18H18ClN3O3/c19-15-8-7-13(10-17(15)22(24)25)11-20-12-18(23)21-9-3-5-14-4-1-2-6-16(14)21/h1-2,4,6-8,10,20H,3,5,9,11-12H2. The third-order valence-corrected chi connectivity index (χ3v) is 4.54. The number of hydrogen-bond donors (Lipinski definition) is 1. The molecule has 1 heterocycles. The smallest absolute Gasteiger partial charge is 0.288 e. The molecule has 0 saturated heterocycles. The summed E-state index contributed by atoms with van der Waals surface area (Å²) in [4.78, 5) is 24.7. The molecule has 0 bridgehead atoms. The molecule has 1 N–H and O–H groups in total. The number of amides is 1. The monoisotopic (exact) mass is 359 g/mol. The first kappa shape index (κ1) is 17.4. The van der Waals surface area contributed by atoms with E-state index in [0.29, 0.717) is 18.7 Å². The van der Waals surface area contributed by atoms with E-state index in [1.54, 1.807) is 11.0 Å². The number of nitrogens with one attached hydrogen (secondary N) is 1. The highest BCUT2D eigenvalue weighted by Gasteiger charge is 2.21. The summed E-state index contributed by atoms with van der Waals surface area (Å²) >= 11 is 5.80. The van der Waals surface area contributed by atoms with E-state index in [9.17, 15) is 14.9 Å². The lowest BCUT2D eigenvalue weighted by Gasteiger charge is -2.29. The van der Waals surface area contributed by atoms with Gasteiger partial charge in [0.2, 0.25) is 5.91 Å². The van der Waals surface area contributed by atoms with Crippen molar-refractivity contribution in [1.82, 2.24) is 5.32 Å². The summed E-state index contributed by atoms with van der Waals surface area (Å²) in [6.45, 7) is 1.24. The molecule has 6 nitrogen and oxygen atoms in total. The van der Waals surface area contributed by atoms with E-state index in [2.05, 4.69) is 11.4 Å². The molecule has 0 unspecified atom stereocenters. The Bertz CT molecular complexity index is 810. The molecular weight excluding hydrogens is 342 g/mol. The molecule has 25 heavy (non-hydrogen) atoms. The van der Waals surface area contributed by atoms with Gasteiger partial charge in [-0.15, -0.1) is 0 Å². The number of aryl methyl sites for hydroxylation is 1. The lowest BCUT2D eigenvalue weighted by molar-refractivity contribution is -0.384. The minimum Gasteiger partial charge on any atom is -0.311 e. The Morgan fingerprint density at radius 2 is 2.08 bits per heavy atom. The lowest BCUT2D eigenvalue weighted by Crippen LogP contribution is -2.41. The van der Waals surface area contributed by atoms with Crippen LogP contribution in [-0.4, -0.2) is 23.9 Å². The fourth-order valence-corrected chi connectivity index (χ4v) is 3.20. The molecule has 0 spiro atoms. The Hall–Kier alpha value is -2.44. The van der Waals surface area contributed by atoms with Crippen molar-refractivity contribution in [2.75, 3.05) is 18.0 Å². The molecule has 1 amide bonds. The number of rotatable bonds is 5. The first-order chi connectivity index (χ1) is 12.1. The van der Waals surface area contributed by atoms with Crippen molar-refractivity contribution in [3.63, 3.8) is 0 Å². The van der Waals surface area contributed by atoms with Crippen LogP contribution in [0, 0.1) is 10.1 Å². The van der Waals surface area contributed by atoms with Crippen LogP contribution in [0.1, 0.15) is 17.5 Å². The summed E-state index contributed by atoms with van der Waals surface area (Å²) in [5.74, 6) is -0.00406. The molecular formula is C18H18ClN3O3. The molecule has 1 aliphatic rings. The van der Waals surface area contributed by atoms with E-state index in [-0.39, 0.29) is 23.2 Å². The van der Waals surface area contributed by atoms with Gasteiger partial charge in [0.1, 0.15) is 5.02 Å². The molecule has 0 fully saturated rings. The maximum Gasteiger partial charge on any atom is 0.288 e. The Morgan fingerprint density at radius 1 is 1.28 bits per heavy atom. The second-order valence-electron chi connectivity index (χ2n) is 5.92. The SMILES string of the molecule is O=C(CNCc1ccc(Cl)c([N+](=O)[O-])c1)N1CCCc2ccccc21. The van der Waals surface area contributed by atoms with Crippen LogP contribution < -0.4 is 10.2 Å². The summed E-state index contributed by atoms with van der Waals surface area (Å²) in [5, 5.41) is 14.1. The van der Waals surface area contributed by atoms with Gasteiger partial charge in [-0.1, -0.05) is 35.9 Å². The van der Waals surface area contributed by atoms with Crippen LogP contribution in [-0.2, 0) is 17.8 Å². The highest BCUT2D eigenvalue weighted by atomic mass is 35.5. The van der Waals surface area contributed by atoms with Crippen LogP contribution in [0.25, 0.3) is 0 Å². The first-order valence-corrected chi connectivity index (χ1v) is 8.46. The molecule has 0 aromatic heterocycles. The number of carbonyl (C=O) groups is 1. The average Bonchev–Trinajstić information content (AvgIpc) is 2.62. The van der Waals surface area contributed by atoms with Crippen LogP contribution >= 0.6 is 11.6 Å². The number of hydrogen-bond acceptors (Lipinski definition) is 4. The van der Waals surface area contributed by atoms with Gasteiger partial charge in [0.05, 0.1) is 11.5 Å². The Labute approximate surface area is 150 Å². The molecule has 0 aliphatic carbocycles. The maximum atomic E-state index is 12.5. The number of para-hydroxylation sites is 1. The first-order valence-electron chi connectivity index (χ1n) is 8.08. The van der Waals surface area contributed by atoms with Crippen molar-refractivity contribution in [1.29, 1.82) is 0 Å². The highest BCUT2D eigenvalue weighted by Crippen LogP contribution is 2.27. The van der Waals surface area contributed by atoms with E-state index in [4.69, 9.17) is 11.6 Å². The van der Waals surface area contributed by atoms with Crippen LogP contribution in [0.3, 0.4) is 0 Å². The molecule has 0 atom stereocenters. The zero-order valence-electron chi connectivity index (χ0n) is 13.6. The molecule has 7 heteroatoms. The number of halogens is 1. The fourth-order valence-electron chi connectivity index (χ4n) is 3.01. The number of carbonyl (C=O) groups excluding carboxylic acids is 1. The van der Waals surface area contributed by atoms with Gasteiger partial charge in [-0.05, 0) is 36.1 Å². The molecule has 2 aromatic carbocycles. The predicted molar refractivity (Wildman–Crippen MR) is 96.9 cm³/mol. The summed E-state index contributed by atoms with van der Waals surface area (Å²) in [6, 6.07) is 12.6. The van der Waals surface area contributed by atoms with E-state index >= 15 is 0 Å². The van der Waals surface area contributed by atoms with E-state index in [1.807, 2.05) is 18.2 Å². The van der Waals surface area contributed by atoms with Gasteiger partial charge in [-0.2, -0.15) is 0 Å². The number of benzene rings is 2. The Morgan fingerprint density at radius 3 is 2.88 bits per heavy atom. The molecule has 0 radical (unpaired) electrons. The van der Waals surface area contributed by atoms with Gasteiger partial charge in [0.15, 0.2) is 0 Å². The van der Waals surface area contributed by atoms with Crippen molar-refractivity contribution in [3.8, 4) is 0 Å². The second kappa shape index (κ2) is 7.63. The Kier molecular flexibility index (Phi) is 5.31. The lowest BCUT2D eigenvalue weighted by atomic mass is 10.0. The van der Waals surface area contributed by atoms with Gasteiger partial charge in [-0.3, -0.25) is 14.9 Å². The Balaban J connectivity index is 1.61. The normalized spacial score (nSPS) is 13.4. The number of anilines is 1. The van der Waals surface area contributed by atoms with Crippen LogP contribution in [0.4, 0.5) is 11.4 Å². The number of fused-ring (bicyclic) bond motifs is 1. The number of nitro benzene ring substituents is 1. The summed E-state index contributed by atoms with van der Waals surface area (Å²) in [7, 11) is 0. The van der Waals surface area contributed by atoms with E-state index in [1.165, 1.54) is 17.7 Å². The van der Waals surface area contributed by atoms with Crippen molar-refractivity contribution < 1.29 is 9.72 Å². The van der Waals surface area contributed by atoms with Gasteiger partial charge in [0.25, 0.3) is 5.69 Å². The zero-order valence-corrected chi connectivity index (χ0v) is 14.3.